The molecule has 15 heavy (non-hydrogen) atoms. The number of benzene rings is 1. The van der Waals surface area contributed by atoms with Crippen molar-refractivity contribution in [2.45, 2.75) is 6.61 Å². The first-order valence-electron chi connectivity index (χ1n) is 4.41. The molecule has 2 N–H and O–H groups in total. The van der Waals surface area contributed by atoms with Crippen LogP contribution in [-0.4, -0.2) is 24.7 Å². The lowest BCUT2D eigenvalue weighted by molar-refractivity contribution is -0.139. The third-order valence-corrected chi connectivity index (χ3v) is 1.70. The highest BCUT2D eigenvalue weighted by Gasteiger charge is 1.98. The molecule has 0 aliphatic rings. The zero-order chi connectivity index (χ0) is 11.1. The van der Waals surface area contributed by atoms with Gasteiger partial charge in [0.05, 0.1) is 13.7 Å². The first-order chi connectivity index (χ1) is 7.22. The van der Waals surface area contributed by atoms with Crippen molar-refractivity contribution < 1.29 is 19.5 Å². The highest BCUT2D eigenvalue weighted by molar-refractivity contribution is 5.68. The molecule has 0 heterocycles. The normalized spacial score (nSPS) is 9.93. The smallest absolute Gasteiger partial charge is 0.319 e. The third kappa shape index (κ3) is 4.44. The van der Waals surface area contributed by atoms with Gasteiger partial charge >= 0.3 is 5.97 Å². The predicted molar refractivity (Wildman–Crippen MR) is 53.4 cm³/mol. The van der Waals surface area contributed by atoms with Gasteiger partial charge in [-0.25, -0.2) is 0 Å². The number of aliphatic carboxylic acids is 1. The Morgan fingerprint density at radius 1 is 1.53 bits per heavy atom. The third-order valence-electron chi connectivity index (χ3n) is 1.70. The van der Waals surface area contributed by atoms with Gasteiger partial charge in [0.15, 0.2) is 0 Å². The standard InChI is InChI=1S/C10H13NO4/c1-14-9-4-2-3-8(5-9)7-15-11-6-10(12)13/h2-5,11H,6-7H2,1H3,(H,12,13). The summed E-state index contributed by atoms with van der Waals surface area (Å²) in [4.78, 5) is 15.1. The van der Waals surface area contributed by atoms with Gasteiger partial charge in [-0.3, -0.25) is 9.63 Å². The first-order valence-corrected chi connectivity index (χ1v) is 4.41. The average molecular weight is 211 g/mol. The maximum Gasteiger partial charge on any atom is 0.319 e. The van der Waals surface area contributed by atoms with Crippen molar-refractivity contribution in [3.63, 3.8) is 0 Å². The van der Waals surface area contributed by atoms with Crippen LogP contribution >= 0.6 is 0 Å². The van der Waals surface area contributed by atoms with Crippen LogP contribution < -0.4 is 10.2 Å². The van der Waals surface area contributed by atoms with E-state index < -0.39 is 5.97 Å². The number of ether oxygens (including phenoxy) is 1. The van der Waals surface area contributed by atoms with Gasteiger partial charge < -0.3 is 9.84 Å². The number of rotatable bonds is 6. The Balaban J connectivity index is 2.33. The molecule has 1 aromatic carbocycles. The van der Waals surface area contributed by atoms with Crippen molar-refractivity contribution in [3.8, 4) is 5.75 Å². The topological polar surface area (TPSA) is 67.8 Å². The number of nitrogens with one attached hydrogen (secondary N) is 1. The Labute approximate surface area is 87.6 Å². The molecule has 0 aliphatic heterocycles. The van der Waals surface area contributed by atoms with Crippen LogP contribution in [0.4, 0.5) is 0 Å². The molecule has 0 atom stereocenters. The summed E-state index contributed by atoms with van der Waals surface area (Å²) < 4.78 is 5.03. The summed E-state index contributed by atoms with van der Waals surface area (Å²) in [5, 5.41) is 8.33. The van der Waals surface area contributed by atoms with E-state index in [0.29, 0.717) is 6.61 Å². The zero-order valence-corrected chi connectivity index (χ0v) is 8.40. The quantitative estimate of drug-likeness (QED) is 0.538. The fourth-order valence-electron chi connectivity index (χ4n) is 1.01. The van der Waals surface area contributed by atoms with Crippen LogP contribution in [0.1, 0.15) is 5.56 Å². The molecule has 1 aromatic rings. The van der Waals surface area contributed by atoms with Crippen molar-refractivity contribution in [3.05, 3.63) is 29.8 Å². The summed E-state index contributed by atoms with van der Waals surface area (Å²) in [7, 11) is 1.59. The molecule has 0 bridgehead atoms. The minimum atomic E-state index is -0.958. The second-order valence-electron chi connectivity index (χ2n) is 2.86. The summed E-state index contributed by atoms with van der Waals surface area (Å²) in [6.45, 7) is 0.0778. The van der Waals surface area contributed by atoms with Crippen LogP contribution in [0.25, 0.3) is 0 Å². The highest BCUT2D eigenvalue weighted by Crippen LogP contribution is 2.12. The second kappa shape index (κ2) is 6.00. The Morgan fingerprint density at radius 2 is 2.33 bits per heavy atom. The zero-order valence-electron chi connectivity index (χ0n) is 8.40. The number of hydrogen-bond donors (Lipinski definition) is 2. The summed E-state index contributed by atoms with van der Waals surface area (Å²) in [6, 6.07) is 7.36. The average Bonchev–Trinajstić information content (AvgIpc) is 2.24. The van der Waals surface area contributed by atoms with E-state index in [-0.39, 0.29) is 6.54 Å². The molecule has 0 amide bonds. The van der Waals surface area contributed by atoms with E-state index in [4.69, 9.17) is 14.7 Å². The molecule has 0 fully saturated rings. The van der Waals surface area contributed by atoms with Gasteiger partial charge in [0.2, 0.25) is 0 Å². The molecular weight excluding hydrogens is 198 g/mol. The number of carboxylic acids is 1. The van der Waals surface area contributed by atoms with Crippen molar-refractivity contribution >= 4 is 5.97 Å². The fraction of sp³-hybridized carbons (Fsp3) is 0.300. The van der Waals surface area contributed by atoms with E-state index in [1.54, 1.807) is 7.11 Å². The number of hydrogen-bond acceptors (Lipinski definition) is 4. The van der Waals surface area contributed by atoms with Crippen LogP contribution in [0.15, 0.2) is 24.3 Å². The lowest BCUT2D eigenvalue weighted by Crippen LogP contribution is -2.22. The summed E-state index contributed by atoms with van der Waals surface area (Å²) >= 11 is 0. The van der Waals surface area contributed by atoms with E-state index in [9.17, 15) is 4.79 Å². The fourth-order valence-corrected chi connectivity index (χ4v) is 1.01. The van der Waals surface area contributed by atoms with Gasteiger partial charge in [0.25, 0.3) is 0 Å². The maximum atomic E-state index is 10.1. The van der Waals surface area contributed by atoms with E-state index in [1.165, 1.54) is 0 Å². The van der Waals surface area contributed by atoms with Gasteiger partial charge in [-0.2, -0.15) is 5.48 Å². The van der Waals surface area contributed by atoms with Crippen LogP contribution in [0.5, 0.6) is 5.75 Å². The van der Waals surface area contributed by atoms with Crippen molar-refractivity contribution in [1.82, 2.24) is 5.48 Å². The van der Waals surface area contributed by atoms with E-state index in [2.05, 4.69) is 5.48 Å². The minimum absolute atomic E-state index is 0.218. The van der Waals surface area contributed by atoms with Crippen molar-refractivity contribution in [2.75, 3.05) is 13.7 Å². The number of hydroxylamine groups is 1. The monoisotopic (exact) mass is 211 g/mol. The Bertz CT molecular complexity index is 327. The van der Waals surface area contributed by atoms with E-state index >= 15 is 0 Å². The van der Waals surface area contributed by atoms with Crippen molar-refractivity contribution in [2.24, 2.45) is 0 Å². The summed E-state index contributed by atoms with van der Waals surface area (Å²) in [5.74, 6) is -0.213. The van der Waals surface area contributed by atoms with E-state index in [0.717, 1.165) is 11.3 Å². The van der Waals surface area contributed by atoms with Gasteiger partial charge in [0.1, 0.15) is 12.3 Å². The molecule has 0 unspecified atom stereocenters. The number of carboxylic acid groups (broad SMARTS) is 1. The van der Waals surface area contributed by atoms with E-state index in [1.807, 2.05) is 24.3 Å². The molecule has 82 valence electrons. The van der Waals surface area contributed by atoms with Crippen molar-refractivity contribution in [1.29, 1.82) is 0 Å². The lowest BCUT2D eigenvalue weighted by atomic mass is 10.2. The van der Waals surface area contributed by atoms with Crippen LogP contribution in [0, 0.1) is 0 Å². The molecule has 0 aliphatic carbocycles. The predicted octanol–water partition coefficient (Wildman–Crippen LogP) is 0.801. The van der Waals surface area contributed by atoms with Gasteiger partial charge in [-0.05, 0) is 17.7 Å². The molecule has 0 aromatic heterocycles. The summed E-state index contributed by atoms with van der Waals surface area (Å²) in [5.41, 5.74) is 3.24. The Kier molecular flexibility index (Phi) is 4.59. The number of carbonyl (C=O) groups is 1. The molecule has 0 saturated heterocycles. The van der Waals surface area contributed by atoms with Crippen LogP contribution in [0.2, 0.25) is 0 Å². The number of methoxy groups -OCH3 is 1. The van der Waals surface area contributed by atoms with Gasteiger partial charge in [-0.15, -0.1) is 0 Å². The largest absolute Gasteiger partial charge is 0.497 e. The molecule has 0 saturated carbocycles. The summed E-state index contributed by atoms with van der Waals surface area (Å²) in [6.07, 6.45) is 0. The molecular formula is C10H13NO4. The first kappa shape index (κ1) is 11.5. The highest BCUT2D eigenvalue weighted by atomic mass is 16.6. The molecule has 0 spiro atoms. The minimum Gasteiger partial charge on any atom is -0.497 e. The van der Waals surface area contributed by atoms with Gasteiger partial charge in [0, 0.05) is 0 Å². The van der Waals surface area contributed by atoms with Crippen LogP contribution in [-0.2, 0) is 16.2 Å². The van der Waals surface area contributed by atoms with Crippen LogP contribution in [0.3, 0.4) is 0 Å². The molecule has 1 rings (SSSR count). The molecule has 0 radical (unpaired) electrons. The Hall–Kier alpha value is -1.59. The van der Waals surface area contributed by atoms with Gasteiger partial charge in [-0.1, -0.05) is 12.1 Å². The molecule has 5 heteroatoms. The Morgan fingerprint density at radius 3 is 3.00 bits per heavy atom. The second-order valence-corrected chi connectivity index (χ2v) is 2.86. The SMILES string of the molecule is COc1cccc(CONCC(=O)O)c1. The molecule has 5 nitrogen and oxygen atoms in total. The maximum absolute atomic E-state index is 10.1. The lowest BCUT2D eigenvalue weighted by Gasteiger charge is -2.05.